The van der Waals surface area contributed by atoms with E-state index in [-0.39, 0.29) is 12.6 Å². The van der Waals surface area contributed by atoms with Crippen LogP contribution < -0.4 is 10.6 Å². The van der Waals surface area contributed by atoms with Crippen LogP contribution in [-0.4, -0.2) is 24.3 Å². The van der Waals surface area contributed by atoms with Crippen LogP contribution in [0.15, 0.2) is 18.2 Å². The second kappa shape index (κ2) is 7.30. The monoisotopic (exact) mass is 296 g/mol. The standard InChI is InChI=1S/C16H25ClN2O/c1-12(18)13-7-8-16(15(17)11-13)19(9-10-20)14-5-3-2-4-6-14/h7-8,11-12,14,20H,2-6,9-10,18H2,1H3/t12-/m0/s1. The fourth-order valence-corrected chi connectivity index (χ4v) is 3.34. The zero-order valence-corrected chi connectivity index (χ0v) is 12.9. The molecule has 0 unspecified atom stereocenters. The predicted octanol–water partition coefficient (Wildman–Crippen LogP) is 3.49. The first kappa shape index (κ1) is 15.6. The molecule has 0 aromatic heterocycles. The summed E-state index contributed by atoms with van der Waals surface area (Å²) in [5.74, 6) is 0. The van der Waals surface area contributed by atoms with E-state index in [4.69, 9.17) is 17.3 Å². The van der Waals surface area contributed by atoms with Crippen molar-refractivity contribution in [2.45, 2.75) is 51.1 Å². The average molecular weight is 297 g/mol. The van der Waals surface area contributed by atoms with E-state index in [1.54, 1.807) is 0 Å². The first-order chi connectivity index (χ1) is 9.63. The number of aliphatic hydroxyl groups excluding tert-OH is 1. The number of aliphatic hydroxyl groups is 1. The SMILES string of the molecule is C[C@H](N)c1ccc(N(CCO)C2CCCCC2)c(Cl)c1. The van der Waals surface area contributed by atoms with Gasteiger partial charge in [-0.3, -0.25) is 0 Å². The van der Waals surface area contributed by atoms with Gasteiger partial charge in [0.15, 0.2) is 0 Å². The number of nitrogens with zero attached hydrogens (tertiary/aromatic N) is 1. The van der Waals surface area contributed by atoms with Crippen molar-refractivity contribution in [2.24, 2.45) is 5.73 Å². The van der Waals surface area contributed by atoms with Gasteiger partial charge in [0.2, 0.25) is 0 Å². The highest BCUT2D eigenvalue weighted by Gasteiger charge is 2.22. The largest absolute Gasteiger partial charge is 0.395 e. The molecule has 0 aliphatic heterocycles. The Morgan fingerprint density at radius 1 is 1.35 bits per heavy atom. The van der Waals surface area contributed by atoms with Crippen molar-refractivity contribution < 1.29 is 5.11 Å². The fraction of sp³-hybridized carbons (Fsp3) is 0.625. The van der Waals surface area contributed by atoms with Crippen LogP contribution in [0.5, 0.6) is 0 Å². The Balaban J connectivity index is 2.24. The van der Waals surface area contributed by atoms with Crippen molar-refractivity contribution in [3.63, 3.8) is 0 Å². The van der Waals surface area contributed by atoms with E-state index in [1.807, 2.05) is 25.1 Å². The number of halogens is 1. The van der Waals surface area contributed by atoms with E-state index in [1.165, 1.54) is 32.1 Å². The zero-order valence-electron chi connectivity index (χ0n) is 12.2. The first-order valence-electron chi connectivity index (χ1n) is 7.56. The number of nitrogens with two attached hydrogens (primary N) is 1. The third-order valence-corrected chi connectivity index (χ3v) is 4.47. The van der Waals surface area contributed by atoms with Crippen molar-refractivity contribution in [1.29, 1.82) is 0 Å². The smallest absolute Gasteiger partial charge is 0.0643 e. The van der Waals surface area contributed by atoms with Gasteiger partial charge in [-0.1, -0.05) is 36.9 Å². The van der Waals surface area contributed by atoms with Gasteiger partial charge in [-0.15, -0.1) is 0 Å². The number of hydrogen-bond acceptors (Lipinski definition) is 3. The van der Waals surface area contributed by atoms with E-state index >= 15 is 0 Å². The van der Waals surface area contributed by atoms with E-state index in [2.05, 4.69) is 4.90 Å². The molecule has 2 rings (SSSR count). The minimum Gasteiger partial charge on any atom is -0.395 e. The second-order valence-corrected chi connectivity index (χ2v) is 6.12. The lowest BCUT2D eigenvalue weighted by Gasteiger charge is -2.36. The maximum atomic E-state index is 9.36. The lowest BCUT2D eigenvalue weighted by atomic mass is 9.93. The molecular formula is C16H25ClN2O. The number of benzene rings is 1. The summed E-state index contributed by atoms with van der Waals surface area (Å²) in [6.45, 7) is 2.75. The highest BCUT2D eigenvalue weighted by molar-refractivity contribution is 6.33. The normalized spacial score (nSPS) is 18.0. The predicted molar refractivity (Wildman–Crippen MR) is 85.4 cm³/mol. The van der Waals surface area contributed by atoms with Crippen molar-refractivity contribution in [3.8, 4) is 0 Å². The molecule has 1 aliphatic rings. The molecule has 1 aliphatic carbocycles. The quantitative estimate of drug-likeness (QED) is 0.874. The van der Waals surface area contributed by atoms with E-state index in [0.717, 1.165) is 16.3 Å². The molecule has 1 fully saturated rings. The Labute approximate surface area is 126 Å². The maximum absolute atomic E-state index is 9.36. The summed E-state index contributed by atoms with van der Waals surface area (Å²) >= 11 is 6.44. The summed E-state index contributed by atoms with van der Waals surface area (Å²) in [7, 11) is 0. The van der Waals surface area contributed by atoms with Crippen LogP contribution in [0.3, 0.4) is 0 Å². The third kappa shape index (κ3) is 3.66. The van der Waals surface area contributed by atoms with Gasteiger partial charge < -0.3 is 15.7 Å². The second-order valence-electron chi connectivity index (χ2n) is 5.71. The van der Waals surface area contributed by atoms with Crippen LogP contribution in [0.1, 0.15) is 50.6 Å². The van der Waals surface area contributed by atoms with Crippen molar-refractivity contribution >= 4 is 17.3 Å². The summed E-state index contributed by atoms with van der Waals surface area (Å²) in [5, 5.41) is 10.1. The van der Waals surface area contributed by atoms with Crippen LogP contribution in [0.4, 0.5) is 5.69 Å². The molecule has 0 amide bonds. The van der Waals surface area contributed by atoms with E-state index < -0.39 is 0 Å². The summed E-state index contributed by atoms with van der Waals surface area (Å²) in [6, 6.07) is 6.52. The van der Waals surface area contributed by atoms with Gasteiger partial charge in [-0.2, -0.15) is 0 Å². The van der Waals surface area contributed by atoms with Crippen LogP contribution >= 0.6 is 11.6 Å². The molecule has 3 nitrogen and oxygen atoms in total. The Morgan fingerprint density at radius 2 is 2.05 bits per heavy atom. The minimum absolute atomic E-state index is 0.0116. The van der Waals surface area contributed by atoms with Crippen molar-refractivity contribution in [3.05, 3.63) is 28.8 Å². The molecule has 3 N–H and O–H groups in total. The Morgan fingerprint density at radius 3 is 2.60 bits per heavy atom. The fourth-order valence-electron chi connectivity index (χ4n) is 3.04. The number of anilines is 1. The molecule has 0 radical (unpaired) electrons. The van der Waals surface area contributed by atoms with Crippen molar-refractivity contribution in [2.75, 3.05) is 18.1 Å². The van der Waals surface area contributed by atoms with Crippen molar-refractivity contribution in [1.82, 2.24) is 0 Å². The zero-order chi connectivity index (χ0) is 14.5. The van der Waals surface area contributed by atoms with Gasteiger partial charge in [0.25, 0.3) is 0 Å². The maximum Gasteiger partial charge on any atom is 0.0643 e. The summed E-state index contributed by atoms with van der Waals surface area (Å²) < 4.78 is 0. The van der Waals surface area contributed by atoms with E-state index in [9.17, 15) is 5.11 Å². The van der Waals surface area contributed by atoms with Gasteiger partial charge in [0.1, 0.15) is 0 Å². The van der Waals surface area contributed by atoms with E-state index in [0.29, 0.717) is 12.6 Å². The molecule has 1 saturated carbocycles. The third-order valence-electron chi connectivity index (χ3n) is 4.16. The molecule has 1 aromatic rings. The first-order valence-corrected chi connectivity index (χ1v) is 7.94. The Hall–Kier alpha value is -0.770. The summed E-state index contributed by atoms with van der Waals surface area (Å²) in [6.07, 6.45) is 6.22. The highest BCUT2D eigenvalue weighted by atomic mass is 35.5. The number of rotatable bonds is 5. The molecule has 1 atom stereocenters. The van der Waals surface area contributed by atoms with Crippen LogP contribution in [0.2, 0.25) is 5.02 Å². The molecule has 0 spiro atoms. The van der Waals surface area contributed by atoms with Crippen LogP contribution in [0.25, 0.3) is 0 Å². The van der Waals surface area contributed by atoms with Crippen LogP contribution in [0, 0.1) is 0 Å². The molecule has 0 bridgehead atoms. The van der Waals surface area contributed by atoms with Gasteiger partial charge in [0, 0.05) is 18.6 Å². The molecule has 1 aromatic carbocycles. The lowest BCUT2D eigenvalue weighted by molar-refractivity contribution is 0.290. The highest BCUT2D eigenvalue weighted by Crippen LogP contribution is 2.33. The van der Waals surface area contributed by atoms with Gasteiger partial charge in [0.05, 0.1) is 17.3 Å². The Kier molecular flexibility index (Phi) is 5.70. The lowest BCUT2D eigenvalue weighted by Crippen LogP contribution is -2.39. The topological polar surface area (TPSA) is 49.5 Å². The average Bonchev–Trinajstić information content (AvgIpc) is 2.46. The molecular weight excluding hydrogens is 272 g/mol. The van der Waals surface area contributed by atoms with Gasteiger partial charge in [-0.25, -0.2) is 0 Å². The molecule has 0 saturated heterocycles. The number of hydrogen-bond donors (Lipinski definition) is 2. The molecule has 112 valence electrons. The Bertz CT molecular complexity index is 430. The summed E-state index contributed by atoms with van der Waals surface area (Å²) in [5.41, 5.74) is 7.97. The molecule has 4 heteroatoms. The summed E-state index contributed by atoms with van der Waals surface area (Å²) in [4.78, 5) is 2.27. The minimum atomic E-state index is -0.0116. The molecule has 20 heavy (non-hydrogen) atoms. The van der Waals surface area contributed by atoms with Gasteiger partial charge >= 0.3 is 0 Å². The molecule has 0 heterocycles. The van der Waals surface area contributed by atoms with Crippen LogP contribution in [-0.2, 0) is 0 Å². The van der Waals surface area contributed by atoms with Gasteiger partial charge in [-0.05, 0) is 37.5 Å².